The minimum atomic E-state index is -0.911. The van der Waals surface area contributed by atoms with Crippen LogP contribution in [0.1, 0.15) is 6.42 Å². The highest BCUT2D eigenvalue weighted by Gasteiger charge is 2.23. The van der Waals surface area contributed by atoms with E-state index in [2.05, 4.69) is 0 Å². The average molecular weight is 214 g/mol. The van der Waals surface area contributed by atoms with E-state index in [1.165, 1.54) is 17.1 Å². The van der Waals surface area contributed by atoms with Gasteiger partial charge in [-0.3, -0.25) is 9.59 Å². The molecule has 0 fully saturated rings. The van der Waals surface area contributed by atoms with Gasteiger partial charge in [-0.15, -0.1) is 0 Å². The molecule has 0 aromatic rings. The Morgan fingerprint density at radius 2 is 2.40 bits per heavy atom. The number of nitrogens with zero attached hydrogens (tertiary/aromatic N) is 1. The number of nitrogens with two attached hydrogens (primary N) is 1. The molecule has 0 spiro atoms. The van der Waals surface area contributed by atoms with Crippen molar-refractivity contribution in [3.05, 3.63) is 12.2 Å². The zero-order valence-electron chi connectivity index (χ0n) is 8.26. The van der Waals surface area contributed by atoms with Gasteiger partial charge in [0.25, 0.3) is 0 Å². The molecule has 6 heteroatoms. The van der Waals surface area contributed by atoms with E-state index in [9.17, 15) is 14.7 Å². The van der Waals surface area contributed by atoms with Gasteiger partial charge in [-0.2, -0.15) is 0 Å². The summed E-state index contributed by atoms with van der Waals surface area (Å²) in [7, 11) is 0. The predicted octanol–water partition coefficient (Wildman–Crippen LogP) is -1.40. The number of carbonyl (C=O) groups excluding carboxylic acids is 2. The monoisotopic (exact) mass is 214 g/mol. The van der Waals surface area contributed by atoms with E-state index in [1.807, 2.05) is 0 Å². The molecule has 15 heavy (non-hydrogen) atoms. The first-order valence-corrected chi connectivity index (χ1v) is 4.67. The van der Waals surface area contributed by atoms with Gasteiger partial charge in [0.1, 0.15) is 12.8 Å². The number of aliphatic hydroxyl groups is 1. The van der Waals surface area contributed by atoms with Crippen molar-refractivity contribution in [1.29, 1.82) is 0 Å². The van der Waals surface area contributed by atoms with Crippen LogP contribution in [0.15, 0.2) is 12.2 Å². The van der Waals surface area contributed by atoms with Crippen molar-refractivity contribution in [3.8, 4) is 0 Å². The maximum atomic E-state index is 11.1. The van der Waals surface area contributed by atoms with Crippen molar-refractivity contribution >= 4 is 11.9 Å². The molecule has 1 amide bonds. The summed E-state index contributed by atoms with van der Waals surface area (Å²) in [5.41, 5.74) is 5.15. The van der Waals surface area contributed by atoms with Gasteiger partial charge >= 0.3 is 5.97 Å². The Bertz CT molecular complexity index is 277. The molecular formula is C9H14N2O4. The summed E-state index contributed by atoms with van der Waals surface area (Å²) in [6, 6.07) is 0. The number of ether oxygens (including phenoxy) is 1. The van der Waals surface area contributed by atoms with Crippen LogP contribution in [0, 0.1) is 0 Å². The SMILES string of the molecule is NCCC(=O)OCCN1C(=O)C=CC1O. The molecule has 0 aliphatic carbocycles. The van der Waals surface area contributed by atoms with Gasteiger partial charge in [0.2, 0.25) is 5.91 Å². The number of hydrogen-bond acceptors (Lipinski definition) is 5. The van der Waals surface area contributed by atoms with Crippen molar-refractivity contribution in [2.75, 3.05) is 19.7 Å². The lowest BCUT2D eigenvalue weighted by Crippen LogP contribution is -2.36. The normalized spacial score (nSPS) is 19.7. The maximum absolute atomic E-state index is 11.1. The second kappa shape index (κ2) is 5.47. The molecule has 84 valence electrons. The summed E-state index contributed by atoms with van der Waals surface area (Å²) in [6.07, 6.45) is 1.91. The maximum Gasteiger partial charge on any atom is 0.307 e. The molecule has 1 rings (SSSR count). The summed E-state index contributed by atoms with van der Waals surface area (Å²) < 4.78 is 4.79. The van der Waals surface area contributed by atoms with Crippen LogP contribution in [0.2, 0.25) is 0 Å². The Morgan fingerprint density at radius 1 is 1.67 bits per heavy atom. The minimum absolute atomic E-state index is 0.0727. The number of aliphatic hydroxyl groups excluding tert-OH is 1. The van der Waals surface area contributed by atoms with E-state index < -0.39 is 12.2 Å². The van der Waals surface area contributed by atoms with E-state index in [-0.39, 0.29) is 32.0 Å². The largest absolute Gasteiger partial charge is 0.464 e. The van der Waals surface area contributed by atoms with Crippen LogP contribution in [0.5, 0.6) is 0 Å². The highest BCUT2D eigenvalue weighted by molar-refractivity contribution is 5.90. The Morgan fingerprint density at radius 3 is 2.93 bits per heavy atom. The smallest absolute Gasteiger partial charge is 0.307 e. The van der Waals surface area contributed by atoms with Crippen molar-refractivity contribution in [2.45, 2.75) is 12.6 Å². The van der Waals surface area contributed by atoms with Crippen molar-refractivity contribution in [2.24, 2.45) is 5.73 Å². The number of esters is 1. The fourth-order valence-corrected chi connectivity index (χ4v) is 1.19. The van der Waals surface area contributed by atoms with Gasteiger partial charge in [-0.05, 0) is 6.08 Å². The molecule has 0 aromatic carbocycles. The molecule has 0 saturated heterocycles. The third-order valence-electron chi connectivity index (χ3n) is 1.96. The first-order valence-electron chi connectivity index (χ1n) is 4.67. The first-order chi connectivity index (χ1) is 7.15. The Balaban J connectivity index is 2.20. The van der Waals surface area contributed by atoms with Gasteiger partial charge in [0.15, 0.2) is 0 Å². The first kappa shape index (κ1) is 11.7. The molecule has 0 bridgehead atoms. The number of hydrogen-bond donors (Lipinski definition) is 2. The van der Waals surface area contributed by atoms with Crippen molar-refractivity contribution in [1.82, 2.24) is 4.90 Å². The summed E-state index contributed by atoms with van der Waals surface area (Å²) in [4.78, 5) is 23.2. The second-order valence-corrected chi connectivity index (χ2v) is 3.06. The molecular weight excluding hydrogens is 200 g/mol. The van der Waals surface area contributed by atoms with Gasteiger partial charge in [0.05, 0.1) is 13.0 Å². The summed E-state index contributed by atoms with van der Waals surface area (Å²) >= 11 is 0. The highest BCUT2D eigenvalue weighted by atomic mass is 16.5. The molecule has 0 saturated carbocycles. The lowest BCUT2D eigenvalue weighted by molar-refractivity contribution is -0.146. The van der Waals surface area contributed by atoms with Crippen molar-refractivity contribution < 1.29 is 19.4 Å². The molecule has 1 unspecified atom stereocenters. The summed E-state index contributed by atoms with van der Waals surface area (Å²) in [5, 5.41) is 9.29. The number of rotatable bonds is 5. The van der Waals surface area contributed by atoms with E-state index >= 15 is 0 Å². The summed E-state index contributed by atoms with van der Waals surface area (Å²) in [5.74, 6) is -0.677. The molecule has 1 atom stereocenters. The van der Waals surface area contributed by atoms with Gasteiger partial charge in [-0.25, -0.2) is 0 Å². The molecule has 0 radical (unpaired) electrons. The van der Waals surface area contributed by atoms with Crippen LogP contribution in [0.25, 0.3) is 0 Å². The van der Waals surface area contributed by atoms with E-state index in [4.69, 9.17) is 10.5 Å². The van der Waals surface area contributed by atoms with Crippen LogP contribution >= 0.6 is 0 Å². The van der Waals surface area contributed by atoms with E-state index in [1.54, 1.807) is 0 Å². The fraction of sp³-hybridized carbons (Fsp3) is 0.556. The lowest BCUT2D eigenvalue weighted by Gasteiger charge is -2.19. The van der Waals surface area contributed by atoms with Crippen LogP contribution in [-0.2, 0) is 14.3 Å². The predicted molar refractivity (Wildman–Crippen MR) is 51.5 cm³/mol. The van der Waals surface area contributed by atoms with Crippen molar-refractivity contribution in [3.63, 3.8) is 0 Å². The minimum Gasteiger partial charge on any atom is -0.464 e. The zero-order chi connectivity index (χ0) is 11.3. The lowest BCUT2D eigenvalue weighted by atomic mass is 10.4. The Kier molecular flexibility index (Phi) is 4.26. The summed E-state index contributed by atoms with van der Waals surface area (Å²) in [6.45, 7) is 0.498. The standard InChI is InChI=1S/C9H14N2O4/c10-4-3-9(14)15-6-5-11-7(12)1-2-8(11)13/h1-2,7,12H,3-6,10H2. The van der Waals surface area contributed by atoms with Crippen LogP contribution in [0.3, 0.4) is 0 Å². The second-order valence-electron chi connectivity index (χ2n) is 3.06. The van der Waals surface area contributed by atoms with Crippen LogP contribution < -0.4 is 5.73 Å². The van der Waals surface area contributed by atoms with Gasteiger partial charge in [-0.1, -0.05) is 0 Å². The third kappa shape index (κ3) is 3.34. The van der Waals surface area contributed by atoms with E-state index in [0.717, 1.165) is 0 Å². The fourth-order valence-electron chi connectivity index (χ4n) is 1.19. The van der Waals surface area contributed by atoms with Gasteiger partial charge in [0, 0.05) is 12.6 Å². The molecule has 6 nitrogen and oxygen atoms in total. The molecule has 3 N–H and O–H groups in total. The topological polar surface area (TPSA) is 92.9 Å². The third-order valence-corrected chi connectivity index (χ3v) is 1.96. The highest BCUT2D eigenvalue weighted by Crippen LogP contribution is 2.07. The van der Waals surface area contributed by atoms with E-state index in [0.29, 0.717) is 0 Å². The number of amides is 1. The Labute approximate surface area is 87.3 Å². The molecule has 0 aromatic heterocycles. The molecule has 1 heterocycles. The van der Waals surface area contributed by atoms with Crippen LogP contribution in [0.4, 0.5) is 0 Å². The average Bonchev–Trinajstić information content (AvgIpc) is 2.49. The zero-order valence-corrected chi connectivity index (χ0v) is 8.26. The van der Waals surface area contributed by atoms with Crippen LogP contribution in [-0.4, -0.2) is 47.8 Å². The molecule has 1 aliphatic heterocycles. The molecule has 1 aliphatic rings. The number of carbonyl (C=O) groups is 2. The Hall–Kier alpha value is -1.40. The van der Waals surface area contributed by atoms with Gasteiger partial charge < -0.3 is 20.5 Å². The quantitative estimate of drug-likeness (QED) is 0.549.